The van der Waals surface area contributed by atoms with Gasteiger partial charge in [-0.3, -0.25) is 0 Å². The van der Waals surface area contributed by atoms with Gasteiger partial charge in [0, 0.05) is 0 Å². The Morgan fingerprint density at radius 1 is 1.25 bits per heavy atom. The normalized spacial score (nSPS) is 20.9. The minimum absolute atomic E-state index is 1.05. The molecule has 12 heavy (non-hydrogen) atoms. The molecule has 0 spiro atoms. The third kappa shape index (κ3) is 1.63. The molecule has 0 saturated heterocycles. The molecule has 0 amide bonds. The van der Waals surface area contributed by atoms with Crippen LogP contribution >= 0.6 is 0 Å². The third-order valence-electron chi connectivity index (χ3n) is 2.22. The molecular weight excluding hydrogens is 188 g/mol. The molecule has 0 heterocycles. The molecule has 2 aliphatic rings. The van der Waals surface area contributed by atoms with Crippen LogP contribution in [0.3, 0.4) is 0 Å². The molecule has 0 aromatic heterocycles. The molecule has 1 heteroatoms. The molecule has 0 aliphatic heterocycles. The standard InChI is InChI=1S/C11H11.Fe/c1-2-6-10(5-1)9-11-7-3-4-8-11;/h1-3,5,7H,4,6,9H2;. The Morgan fingerprint density at radius 3 is 2.75 bits per heavy atom. The van der Waals surface area contributed by atoms with E-state index in [2.05, 4.69) is 46.4 Å². The second kappa shape index (κ2) is 3.47. The Labute approximate surface area is 81.6 Å². The number of rotatable bonds is 2. The van der Waals surface area contributed by atoms with Crippen molar-refractivity contribution in [3.05, 3.63) is 46.0 Å². The first kappa shape index (κ1) is 8.09. The van der Waals surface area contributed by atoms with Crippen LogP contribution in [0.4, 0.5) is 0 Å². The topological polar surface area (TPSA) is 0 Å². The van der Waals surface area contributed by atoms with Gasteiger partial charge in [0.1, 0.15) is 0 Å². The van der Waals surface area contributed by atoms with E-state index in [0.29, 0.717) is 0 Å². The van der Waals surface area contributed by atoms with Crippen molar-refractivity contribution in [3.8, 4) is 0 Å². The van der Waals surface area contributed by atoms with Crippen molar-refractivity contribution in [2.24, 2.45) is 0 Å². The summed E-state index contributed by atoms with van der Waals surface area (Å²) in [4.78, 5) is 0. The maximum atomic E-state index is 4.03. The van der Waals surface area contributed by atoms with Crippen LogP contribution in [0.5, 0.6) is 0 Å². The SMILES string of the molecule is [Fe][C]1=C(CC2=CC=CC2)C=CC1. The van der Waals surface area contributed by atoms with Gasteiger partial charge < -0.3 is 0 Å². The number of allylic oxidation sites excluding steroid dienone is 8. The van der Waals surface area contributed by atoms with Gasteiger partial charge in [0.25, 0.3) is 0 Å². The van der Waals surface area contributed by atoms with E-state index in [1.807, 2.05) is 0 Å². The summed E-state index contributed by atoms with van der Waals surface area (Å²) in [7, 11) is 0. The molecule has 0 atom stereocenters. The molecule has 0 nitrogen and oxygen atoms in total. The summed E-state index contributed by atoms with van der Waals surface area (Å²) >= 11 is 4.03. The Kier molecular flexibility index (Phi) is 2.34. The van der Waals surface area contributed by atoms with Crippen molar-refractivity contribution in [1.82, 2.24) is 0 Å². The second-order valence-corrected chi connectivity index (χ2v) is 3.82. The molecule has 0 saturated carbocycles. The monoisotopic (exact) mass is 199 g/mol. The average Bonchev–Trinajstić information content (AvgIpc) is 2.65. The molecule has 0 N–H and O–H groups in total. The predicted molar refractivity (Wildman–Crippen MR) is 47.2 cm³/mol. The first-order chi connectivity index (χ1) is 5.86. The van der Waals surface area contributed by atoms with Crippen LogP contribution in [0.25, 0.3) is 0 Å². The van der Waals surface area contributed by atoms with Gasteiger partial charge >= 0.3 is 81.3 Å². The van der Waals surface area contributed by atoms with E-state index < -0.39 is 0 Å². The maximum absolute atomic E-state index is 4.03. The number of hydrogen-bond acceptors (Lipinski definition) is 0. The van der Waals surface area contributed by atoms with E-state index in [1.165, 1.54) is 15.6 Å². The van der Waals surface area contributed by atoms with Crippen molar-refractivity contribution >= 4 is 0 Å². The first-order valence-electron chi connectivity index (χ1n) is 4.23. The number of hydrogen-bond donors (Lipinski definition) is 0. The fraction of sp³-hybridized carbons (Fsp3) is 0.273. The van der Waals surface area contributed by atoms with E-state index in [0.717, 1.165) is 19.3 Å². The van der Waals surface area contributed by atoms with Crippen LogP contribution in [-0.4, -0.2) is 0 Å². The zero-order valence-electron chi connectivity index (χ0n) is 6.86. The first-order valence-corrected chi connectivity index (χ1v) is 4.79. The average molecular weight is 199 g/mol. The van der Waals surface area contributed by atoms with E-state index in [9.17, 15) is 0 Å². The Balaban J connectivity index is 2.03. The summed E-state index contributed by atoms with van der Waals surface area (Å²) < 4.78 is 1.29. The fourth-order valence-electron chi connectivity index (χ4n) is 1.54. The van der Waals surface area contributed by atoms with Gasteiger partial charge in [0.15, 0.2) is 0 Å². The van der Waals surface area contributed by atoms with E-state index in [4.69, 9.17) is 0 Å². The van der Waals surface area contributed by atoms with Crippen LogP contribution in [-0.2, 0) is 16.0 Å². The Morgan fingerprint density at radius 2 is 2.17 bits per heavy atom. The van der Waals surface area contributed by atoms with Crippen molar-refractivity contribution in [2.45, 2.75) is 19.3 Å². The van der Waals surface area contributed by atoms with Crippen molar-refractivity contribution in [2.75, 3.05) is 0 Å². The zero-order chi connectivity index (χ0) is 8.39. The van der Waals surface area contributed by atoms with Crippen LogP contribution in [0.15, 0.2) is 46.0 Å². The third-order valence-corrected chi connectivity index (χ3v) is 2.80. The minimum atomic E-state index is 1.05. The van der Waals surface area contributed by atoms with Crippen LogP contribution in [0, 0.1) is 0 Å². The zero-order valence-corrected chi connectivity index (χ0v) is 7.97. The molecule has 0 aromatic rings. The predicted octanol–water partition coefficient (Wildman–Crippen LogP) is 3.02. The van der Waals surface area contributed by atoms with Crippen molar-refractivity contribution < 1.29 is 16.0 Å². The second-order valence-electron chi connectivity index (χ2n) is 3.16. The molecular formula is C11H11Fe. The molecule has 0 bridgehead atoms. The summed E-state index contributed by atoms with van der Waals surface area (Å²) in [5, 5.41) is 0. The summed E-state index contributed by atoms with van der Waals surface area (Å²) in [6.07, 6.45) is 14.2. The van der Waals surface area contributed by atoms with Crippen molar-refractivity contribution in [3.63, 3.8) is 0 Å². The van der Waals surface area contributed by atoms with E-state index >= 15 is 0 Å². The molecule has 0 aromatic carbocycles. The van der Waals surface area contributed by atoms with Gasteiger partial charge in [-0.15, -0.1) is 0 Å². The van der Waals surface area contributed by atoms with Gasteiger partial charge in [-0.1, -0.05) is 0 Å². The fourth-order valence-corrected chi connectivity index (χ4v) is 1.86. The van der Waals surface area contributed by atoms with E-state index in [1.54, 1.807) is 0 Å². The van der Waals surface area contributed by atoms with Gasteiger partial charge in [-0.25, -0.2) is 0 Å². The van der Waals surface area contributed by atoms with Crippen LogP contribution in [0.2, 0.25) is 0 Å². The van der Waals surface area contributed by atoms with E-state index in [-0.39, 0.29) is 0 Å². The summed E-state index contributed by atoms with van der Waals surface area (Å²) in [6.45, 7) is 0. The molecule has 0 radical (unpaired) electrons. The van der Waals surface area contributed by atoms with Gasteiger partial charge in [0.2, 0.25) is 0 Å². The molecule has 0 fully saturated rings. The molecule has 0 unspecified atom stereocenters. The molecule has 2 rings (SSSR count). The summed E-state index contributed by atoms with van der Waals surface area (Å²) in [5.74, 6) is 0. The van der Waals surface area contributed by atoms with Crippen molar-refractivity contribution in [1.29, 1.82) is 0 Å². The molecule has 2 aliphatic carbocycles. The van der Waals surface area contributed by atoms with Gasteiger partial charge in [-0.2, -0.15) is 0 Å². The molecule has 63 valence electrons. The summed E-state index contributed by atoms with van der Waals surface area (Å²) in [5.41, 5.74) is 2.93. The summed E-state index contributed by atoms with van der Waals surface area (Å²) in [6, 6.07) is 0. The Bertz CT molecular complexity index is 303. The van der Waals surface area contributed by atoms with Gasteiger partial charge in [-0.05, 0) is 0 Å². The van der Waals surface area contributed by atoms with Crippen LogP contribution in [0.1, 0.15) is 19.3 Å². The Hall–Kier alpha value is -0.521. The van der Waals surface area contributed by atoms with Crippen LogP contribution < -0.4 is 0 Å². The van der Waals surface area contributed by atoms with Gasteiger partial charge in [0.05, 0.1) is 0 Å². The quantitative estimate of drug-likeness (QED) is 0.599.